The van der Waals surface area contributed by atoms with Crippen LogP contribution in [0.1, 0.15) is 33.3 Å². The van der Waals surface area contributed by atoms with Crippen LogP contribution in [0.15, 0.2) is 29.3 Å². The lowest BCUT2D eigenvalue weighted by Crippen LogP contribution is -2.27. The maximum Gasteiger partial charge on any atom is 0.412 e. The van der Waals surface area contributed by atoms with Crippen LogP contribution >= 0.6 is 0 Å². The van der Waals surface area contributed by atoms with Gasteiger partial charge in [0.05, 0.1) is 6.61 Å². The second kappa shape index (κ2) is 8.71. The zero-order valence-electron chi connectivity index (χ0n) is 15.7. The molecule has 142 valence electrons. The Labute approximate surface area is 157 Å². The summed E-state index contributed by atoms with van der Waals surface area (Å²) in [5.74, 6) is 0.644. The Morgan fingerprint density at radius 2 is 2.00 bits per heavy atom. The largest absolute Gasteiger partial charge is 0.483 e. The molecule has 0 saturated carbocycles. The number of ether oxygens (including phenoxy) is 2. The summed E-state index contributed by atoms with van der Waals surface area (Å²) in [6, 6.07) is 8.95. The second-order valence-corrected chi connectivity index (χ2v) is 6.43. The average molecular weight is 370 g/mol. The summed E-state index contributed by atoms with van der Waals surface area (Å²) >= 11 is 0. The van der Waals surface area contributed by atoms with Crippen molar-refractivity contribution in [1.82, 2.24) is 10.2 Å². The smallest absolute Gasteiger partial charge is 0.412 e. The molecule has 1 heterocycles. The number of rotatable bonds is 6. The van der Waals surface area contributed by atoms with Crippen LogP contribution in [0.4, 0.5) is 27.8 Å². The van der Waals surface area contributed by atoms with Crippen molar-refractivity contribution in [1.29, 1.82) is 5.26 Å². The van der Waals surface area contributed by atoms with Crippen LogP contribution in [0, 0.1) is 11.3 Å². The summed E-state index contributed by atoms with van der Waals surface area (Å²) in [4.78, 5) is 15.8. The number of carbonyl (C=O) groups excluding carboxylic acids is 1. The van der Waals surface area contributed by atoms with Gasteiger partial charge in [0.25, 0.3) is 0 Å². The van der Waals surface area contributed by atoms with Crippen LogP contribution in [0.5, 0.6) is 0 Å². The van der Waals surface area contributed by atoms with Gasteiger partial charge in [-0.3, -0.25) is 10.4 Å². The number of nitrogens with zero attached hydrogens (tertiary/aromatic N) is 3. The molecule has 0 aliphatic rings. The zero-order chi connectivity index (χ0) is 19.9. The van der Waals surface area contributed by atoms with E-state index in [0.717, 1.165) is 0 Å². The van der Waals surface area contributed by atoms with Crippen LogP contribution in [-0.2, 0) is 9.47 Å². The number of aromatic amines is 1. The highest BCUT2D eigenvalue weighted by Gasteiger charge is 2.16. The van der Waals surface area contributed by atoms with E-state index in [9.17, 15) is 10.1 Å². The van der Waals surface area contributed by atoms with E-state index in [-0.39, 0.29) is 5.56 Å². The van der Waals surface area contributed by atoms with Gasteiger partial charge in [0, 0.05) is 11.4 Å². The first kappa shape index (κ1) is 19.8. The van der Waals surface area contributed by atoms with Gasteiger partial charge >= 0.3 is 6.09 Å². The third-order valence-electron chi connectivity index (χ3n) is 3.07. The molecule has 0 radical (unpaired) electrons. The number of aromatic nitrogens is 2. The molecule has 1 amide bonds. The number of hydrogen-bond donors (Lipinski definition) is 3. The highest BCUT2D eigenvalue weighted by Crippen LogP contribution is 2.26. The van der Waals surface area contributed by atoms with Crippen molar-refractivity contribution in [3.63, 3.8) is 0 Å². The highest BCUT2D eigenvalue weighted by atomic mass is 16.6. The molecule has 1 aromatic heterocycles. The van der Waals surface area contributed by atoms with Gasteiger partial charge in [-0.2, -0.15) is 10.4 Å². The van der Waals surface area contributed by atoms with E-state index in [0.29, 0.717) is 29.6 Å². The van der Waals surface area contributed by atoms with Crippen molar-refractivity contribution in [2.24, 2.45) is 4.99 Å². The fourth-order valence-electron chi connectivity index (χ4n) is 1.98. The number of benzene rings is 1. The topological polar surface area (TPSA) is 124 Å². The molecule has 0 unspecified atom stereocenters. The predicted molar refractivity (Wildman–Crippen MR) is 103 cm³/mol. The first-order chi connectivity index (χ1) is 12.8. The van der Waals surface area contributed by atoms with Gasteiger partial charge in [-0.25, -0.2) is 9.79 Å². The molecule has 0 spiro atoms. The van der Waals surface area contributed by atoms with Crippen molar-refractivity contribution < 1.29 is 14.3 Å². The molecule has 0 bridgehead atoms. The van der Waals surface area contributed by atoms with E-state index in [4.69, 9.17) is 9.47 Å². The molecule has 2 rings (SSSR count). The molecule has 9 heteroatoms. The lowest BCUT2D eigenvalue weighted by atomic mass is 10.2. The third kappa shape index (κ3) is 6.04. The molecule has 2 aromatic rings. The number of anilines is 3. The minimum Gasteiger partial charge on any atom is -0.483 e. The van der Waals surface area contributed by atoms with Gasteiger partial charge in [0.1, 0.15) is 17.2 Å². The van der Waals surface area contributed by atoms with Gasteiger partial charge in [-0.15, -0.1) is 0 Å². The number of nitriles is 1. The molecule has 0 aliphatic carbocycles. The Morgan fingerprint density at radius 1 is 1.33 bits per heavy atom. The molecular weight excluding hydrogens is 348 g/mol. The van der Waals surface area contributed by atoms with Crippen molar-refractivity contribution in [3.05, 3.63) is 29.8 Å². The molecule has 0 fully saturated rings. The molecule has 9 nitrogen and oxygen atoms in total. The summed E-state index contributed by atoms with van der Waals surface area (Å²) < 4.78 is 10.2. The Morgan fingerprint density at radius 3 is 2.59 bits per heavy atom. The Bertz CT molecular complexity index is 843. The lowest BCUT2D eigenvalue weighted by Gasteiger charge is -2.19. The number of nitrogens with one attached hydrogen (secondary N) is 3. The number of carbonyl (C=O) groups is 1. The van der Waals surface area contributed by atoms with Crippen LogP contribution in [0.3, 0.4) is 0 Å². The van der Waals surface area contributed by atoms with Crippen molar-refractivity contribution in [2.75, 3.05) is 17.2 Å². The van der Waals surface area contributed by atoms with E-state index >= 15 is 0 Å². The fraction of sp³-hybridized carbons (Fsp3) is 0.333. The van der Waals surface area contributed by atoms with E-state index < -0.39 is 11.7 Å². The zero-order valence-corrected chi connectivity index (χ0v) is 15.7. The van der Waals surface area contributed by atoms with Crippen LogP contribution in [0.25, 0.3) is 0 Å². The molecule has 0 saturated heterocycles. The summed E-state index contributed by atoms with van der Waals surface area (Å²) in [5, 5.41) is 21.7. The van der Waals surface area contributed by atoms with Gasteiger partial charge < -0.3 is 14.8 Å². The predicted octanol–water partition coefficient (Wildman–Crippen LogP) is 4.07. The summed E-state index contributed by atoms with van der Waals surface area (Å²) in [6.45, 7) is 7.70. The molecule has 0 atom stereocenters. The van der Waals surface area contributed by atoms with Crippen LogP contribution < -0.4 is 10.6 Å². The first-order valence-corrected chi connectivity index (χ1v) is 8.32. The van der Waals surface area contributed by atoms with Crippen molar-refractivity contribution in [2.45, 2.75) is 33.3 Å². The van der Waals surface area contributed by atoms with E-state index in [2.05, 4.69) is 31.9 Å². The quantitative estimate of drug-likeness (QED) is 0.520. The van der Waals surface area contributed by atoms with Crippen molar-refractivity contribution in [3.8, 4) is 6.07 Å². The maximum absolute atomic E-state index is 11.8. The molecule has 0 aliphatic heterocycles. The number of hydrogen-bond acceptors (Lipinski definition) is 7. The van der Waals surface area contributed by atoms with E-state index in [1.807, 2.05) is 6.92 Å². The molecule has 27 heavy (non-hydrogen) atoms. The molecular formula is C18H22N6O3. The minimum absolute atomic E-state index is 0.266. The van der Waals surface area contributed by atoms with Gasteiger partial charge in [-0.05, 0) is 52.0 Å². The molecule has 3 N–H and O–H groups in total. The van der Waals surface area contributed by atoms with E-state index in [1.54, 1.807) is 45.0 Å². The maximum atomic E-state index is 11.8. The number of aliphatic imine (C=N–C) groups is 1. The average Bonchev–Trinajstić information content (AvgIpc) is 2.97. The highest BCUT2D eigenvalue weighted by molar-refractivity contribution is 5.85. The third-order valence-corrected chi connectivity index (χ3v) is 3.07. The summed E-state index contributed by atoms with van der Waals surface area (Å²) in [7, 11) is 0. The Balaban J connectivity index is 2.04. The standard InChI is InChI=1S/C18H22N6O3/c1-5-26-11-20-15-14(10-19)16(24-23-15)21-12-6-8-13(9-7-12)22-17(25)27-18(2,3)4/h6-9,11H,5H2,1-4H3,(H,22,25)(H2,21,23,24)/b20-11+. The fourth-order valence-corrected chi connectivity index (χ4v) is 1.98. The summed E-state index contributed by atoms with van der Waals surface area (Å²) in [5.41, 5.74) is 0.969. The lowest BCUT2D eigenvalue weighted by molar-refractivity contribution is 0.0636. The number of amides is 1. The second-order valence-electron chi connectivity index (χ2n) is 6.43. The SMILES string of the molecule is CCO/C=N/c1[nH]nc(Nc2ccc(NC(=O)OC(C)(C)C)cc2)c1C#N. The number of H-pyrrole nitrogens is 1. The van der Waals surface area contributed by atoms with Crippen molar-refractivity contribution >= 4 is 35.5 Å². The van der Waals surface area contributed by atoms with Gasteiger partial charge in [0.15, 0.2) is 18.0 Å². The van der Waals surface area contributed by atoms with Crippen LogP contribution in [0.2, 0.25) is 0 Å². The normalized spacial score (nSPS) is 11.1. The molecule has 1 aromatic carbocycles. The van der Waals surface area contributed by atoms with Gasteiger partial charge in [-0.1, -0.05) is 0 Å². The van der Waals surface area contributed by atoms with Gasteiger partial charge in [0.2, 0.25) is 0 Å². The van der Waals surface area contributed by atoms with Crippen LogP contribution in [-0.4, -0.2) is 34.9 Å². The first-order valence-electron chi connectivity index (χ1n) is 8.32. The Hall–Kier alpha value is -3.54. The van der Waals surface area contributed by atoms with E-state index in [1.165, 1.54) is 6.40 Å². The summed E-state index contributed by atoms with van der Waals surface area (Å²) in [6.07, 6.45) is 0.731. The monoisotopic (exact) mass is 370 g/mol. The Kier molecular flexibility index (Phi) is 6.38. The minimum atomic E-state index is -0.568.